The minimum absolute atomic E-state index is 0.321. The molecule has 0 radical (unpaired) electrons. The lowest BCUT2D eigenvalue weighted by Gasteiger charge is -2.41. The number of hydrogen-bond donors (Lipinski definition) is 3. The van der Waals surface area contributed by atoms with Crippen molar-refractivity contribution in [2.45, 2.75) is 38.5 Å². The van der Waals surface area contributed by atoms with Crippen molar-refractivity contribution in [1.82, 2.24) is 10.4 Å². The molecule has 1 saturated heterocycles. The van der Waals surface area contributed by atoms with Crippen LogP contribution in [-0.2, 0) is 14.3 Å². The van der Waals surface area contributed by atoms with Gasteiger partial charge in [0.15, 0.2) is 0 Å². The number of hydroxylamine groups is 2. The Labute approximate surface area is 109 Å². The van der Waals surface area contributed by atoms with Gasteiger partial charge in [-0.2, -0.15) is 0 Å². The highest BCUT2D eigenvalue weighted by Crippen LogP contribution is 2.18. The molecule has 0 bridgehead atoms. The number of amides is 3. The maximum Gasteiger partial charge on any atom is 0.408 e. The first-order valence-corrected chi connectivity index (χ1v) is 5.55. The quantitative estimate of drug-likeness (QED) is 0.473. The minimum atomic E-state index is -1.04. The Morgan fingerprint density at radius 1 is 1.47 bits per heavy atom. The van der Waals surface area contributed by atoms with Gasteiger partial charge in [0.2, 0.25) is 0 Å². The molecular weight excluding hydrogens is 258 g/mol. The molecule has 0 spiro atoms. The van der Waals surface area contributed by atoms with Gasteiger partial charge in [-0.15, -0.1) is 0 Å². The van der Waals surface area contributed by atoms with Crippen molar-refractivity contribution in [3.8, 4) is 0 Å². The highest BCUT2D eigenvalue weighted by Gasteiger charge is 2.49. The normalized spacial score (nSPS) is 22.5. The third kappa shape index (κ3) is 3.98. The number of carbonyl (C=O) groups is 3. The van der Waals surface area contributed by atoms with Crippen molar-refractivity contribution in [3.63, 3.8) is 0 Å². The SMILES string of the molecule is CC(C)(C)OC(=O)N[C@@H]1C(=O)N(O)[C@H]1COC(N)=O. The highest BCUT2D eigenvalue weighted by atomic mass is 16.6. The zero-order valence-electron chi connectivity index (χ0n) is 10.9. The van der Waals surface area contributed by atoms with Gasteiger partial charge in [0.25, 0.3) is 5.91 Å². The van der Waals surface area contributed by atoms with Gasteiger partial charge in [-0.05, 0) is 20.8 Å². The van der Waals surface area contributed by atoms with Gasteiger partial charge in [0, 0.05) is 0 Å². The van der Waals surface area contributed by atoms with Crippen LogP contribution in [0.4, 0.5) is 9.59 Å². The van der Waals surface area contributed by atoms with Gasteiger partial charge in [0.05, 0.1) is 0 Å². The van der Waals surface area contributed by atoms with Crippen molar-refractivity contribution in [2.24, 2.45) is 5.73 Å². The maximum atomic E-state index is 11.5. The standard InChI is InChI=1S/C10H17N3O6/c1-10(2,3)19-9(16)12-6-5(4-18-8(11)15)13(17)7(6)14/h5-6,17H,4H2,1-3H3,(H2,11,15)(H,12,16)/t5-,6-/m0/s1. The van der Waals surface area contributed by atoms with Gasteiger partial charge in [-0.3, -0.25) is 10.0 Å². The van der Waals surface area contributed by atoms with Gasteiger partial charge in [-0.1, -0.05) is 0 Å². The summed E-state index contributed by atoms with van der Waals surface area (Å²) in [6.07, 6.45) is -1.84. The number of primary amides is 1. The Bertz CT molecular complexity index is 391. The van der Waals surface area contributed by atoms with Crippen LogP contribution >= 0.6 is 0 Å². The second-order valence-electron chi connectivity index (χ2n) is 5.00. The van der Waals surface area contributed by atoms with Gasteiger partial charge in [-0.25, -0.2) is 14.7 Å². The van der Waals surface area contributed by atoms with Crippen LogP contribution in [0.2, 0.25) is 0 Å². The molecule has 0 aromatic heterocycles. The van der Waals surface area contributed by atoms with Crippen LogP contribution in [0.5, 0.6) is 0 Å². The first kappa shape index (κ1) is 15.0. The summed E-state index contributed by atoms with van der Waals surface area (Å²) in [6.45, 7) is 4.68. The summed E-state index contributed by atoms with van der Waals surface area (Å²) in [7, 11) is 0. The zero-order chi connectivity index (χ0) is 14.8. The molecule has 1 aliphatic heterocycles. The second kappa shape index (κ2) is 5.31. The minimum Gasteiger partial charge on any atom is -0.447 e. The lowest BCUT2D eigenvalue weighted by atomic mass is 9.99. The number of nitrogens with zero attached hydrogens (tertiary/aromatic N) is 1. The largest absolute Gasteiger partial charge is 0.447 e. The number of hydrogen-bond acceptors (Lipinski definition) is 6. The molecule has 9 nitrogen and oxygen atoms in total. The average Bonchev–Trinajstić information content (AvgIpc) is 2.24. The van der Waals surface area contributed by atoms with Crippen LogP contribution in [0.15, 0.2) is 0 Å². The molecular formula is C10H17N3O6. The third-order valence-electron chi connectivity index (χ3n) is 2.26. The van der Waals surface area contributed by atoms with Crippen LogP contribution < -0.4 is 11.1 Å². The molecule has 1 rings (SSSR count). The highest BCUT2D eigenvalue weighted by molar-refractivity contribution is 5.91. The monoisotopic (exact) mass is 275 g/mol. The lowest BCUT2D eigenvalue weighted by molar-refractivity contribution is -0.214. The van der Waals surface area contributed by atoms with Crippen LogP contribution in [-0.4, -0.2) is 52.7 Å². The topological polar surface area (TPSA) is 131 Å². The number of ether oxygens (including phenoxy) is 2. The molecule has 0 aromatic carbocycles. The molecule has 0 aliphatic carbocycles. The number of rotatable bonds is 3. The van der Waals surface area contributed by atoms with Gasteiger partial charge >= 0.3 is 12.2 Å². The van der Waals surface area contributed by atoms with E-state index in [9.17, 15) is 19.6 Å². The summed E-state index contributed by atoms with van der Waals surface area (Å²) in [5, 5.41) is 11.9. The van der Waals surface area contributed by atoms with E-state index in [2.05, 4.69) is 10.1 Å². The number of nitrogens with one attached hydrogen (secondary N) is 1. The Hall–Kier alpha value is -2.03. The summed E-state index contributed by atoms with van der Waals surface area (Å²) in [5.41, 5.74) is 4.06. The number of nitrogens with two attached hydrogens (primary N) is 1. The van der Waals surface area contributed by atoms with E-state index in [1.54, 1.807) is 20.8 Å². The molecule has 4 N–H and O–H groups in total. The van der Waals surface area contributed by atoms with E-state index in [-0.39, 0.29) is 6.61 Å². The maximum absolute atomic E-state index is 11.5. The molecule has 19 heavy (non-hydrogen) atoms. The number of β-lactam (4-membered cyclic amide) rings is 1. The fraction of sp³-hybridized carbons (Fsp3) is 0.700. The van der Waals surface area contributed by atoms with E-state index in [0.29, 0.717) is 5.06 Å². The van der Waals surface area contributed by atoms with Crippen LogP contribution in [0.3, 0.4) is 0 Å². The Balaban J connectivity index is 2.53. The summed E-state index contributed by atoms with van der Waals surface area (Å²) < 4.78 is 9.44. The van der Waals surface area contributed by atoms with Crippen LogP contribution in [0.1, 0.15) is 20.8 Å². The van der Waals surface area contributed by atoms with Crippen LogP contribution in [0, 0.1) is 0 Å². The molecule has 108 valence electrons. The summed E-state index contributed by atoms with van der Waals surface area (Å²) in [4.78, 5) is 33.3. The van der Waals surface area contributed by atoms with E-state index < -0.39 is 35.8 Å². The molecule has 0 aromatic rings. The molecule has 2 atom stereocenters. The first-order valence-electron chi connectivity index (χ1n) is 5.55. The summed E-state index contributed by atoms with van der Waals surface area (Å²) in [5.74, 6) is -0.719. The number of carbonyl (C=O) groups excluding carboxylic acids is 3. The first-order chi connectivity index (χ1) is 8.61. The Kier molecular flexibility index (Phi) is 4.20. The average molecular weight is 275 g/mol. The number of alkyl carbamates (subject to hydrolysis) is 1. The van der Waals surface area contributed by atoms with Crippen molar-refractivity contribution in [1.29, 1.82) is 0 Å². The Morgan fingerprint density at radius 2 is 2.05 bits per heavy atom. The fourth-order valence-electron chi connectivity index (χ4n) is 1.46. The summed E-state index contributed by atoms with van der Waals surface area (Å²) in [6, 6.07) is -1.90. The van der Waals surface area contributed by atoms with Gasteiger partial charge in [0.1, 0.15) is 24.3 Å². The molecule has 1 fully saturated rings. The van der Waals surface area contributed by atoms with E-state index >= 15 is 0 Å². The van der Waals surface area contributed by atoms with E-state index in [0.717, 1.165) is 0 Å². The van der Waals surface area contributed by atoms with E-state index in [1.807, 2.05) is 0 Å². The van der Waals surface area contributed by atoms with Gasteiger partial charge < -0.3 is 20.5 Å². The fourth-order valence-corrected chi connectivity index (χ4v) is 1.46. The molecule has 0 unspecified atom stereocenters. The van der Waals surface area contributed by atoms with Crippen molar-refractivity contribution in [2.75, 3.05) is 6.61 Å². The zero-order valence-corrected chi connectivity index (χ0v) is 10.9. The van der Waals surface area contributed by atoms with Crippen LogP contribution in [0.25, 0.3) is 0 Å². The van der Waals surface area contributed by atoms with Crippen molar-refractivity contribution in [3.05, 3.63) is 0 Å². The molecule has 1 heterocycles. The second-order valence-corrected chi connectivity index (χ2v) is 5.00. The smallest absolute Gasteiger partial charge is 0.408 e. The third-order valence-corrected chi connectivity index (χ3v) is 2.26. The molecule has 3 amide bonds. The predicted octanol–water partition coefficient (Wildman–Crippen LogP) is -0.425. The molecule has 1 aliphatic rings. The van der Waals surface area contributed by atoms with E-state index in [4.69, 9.17) is 10.5 Å². The lowest BCUT2D eigenvalue weighted by Crippen LogP contribution is -2.71. The summed E-state index contributed by atoms with van der Waals surface area (Å²) >= 11 is 0. The molecule has 9 heteroatoms. The Morgan fingerprint density at radius 3 is 2.53 bits per heavy atom. The van der Waals surface area contributed by atoms with Crippen molar-refractivity contribution < 1.29 is 29.1 Å². The van der Waals surface area contributed by atoms with E-state index in [1.165, 1.54) is 0 Å². The predicted molar refractivity (Wildman–Crippen MR) is 61.1 cm³/mol. The molecule has 0 saturated carbocycles. The van der Waals surface area contributed by atoms with Crippen molar-refractivity contribution >= 4 is 18.1 Å².